The molecule has 2 amide bonds. The van der Waals surface area contributed by atoms with Gasteiger partial charge in [0.15, 0.2) is 0 Å². The van der Waals surface area contributed by atoms with E-state index in [4.69, 9.17) is 0 Å². The van der Waals surface area contributed by atoms with Crippen LogP contribution in [0.4, 0.5) is 0 Å². The molecule has 1 aromatic carbocycles. The Bertz CT molecular complexity index is 805. The summed E-state index contributed by atoms with van der Waals surface area (Å²) in [6.45, 7) is 0.500. The number of carbonyl (C=O) groups is 2. The molecule has 0 saturated carbocycles. The number of aromatic nitrogens is 2. The molecule has 1 unspecified atom stereocenters. The van der Waals surface area contributed by atoms with Crippen LogP contribution in [0.1, 0.15) is 12.8 Å². The van der Waals surface area contributed by atoms with Gasteiger partial charge in [0, 0.05) is 20.6 Å². The number of likely N-dealkylation sites (N-methyl/N-ethyl adjacent to an activating group) is 1. The molecule has 7 heteroatoms. The van der Waals surface area contributed by atoms with E-state index in [1.165, 1.54) is 9.47 Å². The largest absolute Gasteiger partial charge is 0.347 e. The third-order valence-electron chi connectivity index (χ3n) is 4.27. The van der Waals surface area contributed by atoms with E-state index < -0.39 is 6.04 Å². The summed E-state index contributed by atoms with van der Waals surface area (Å²) in [6, 6.07) is 6.83. The van der Waals surface area contributed by atoms with E-state index >= 15 is 0 Å². The third-order valence-corrected chi connectivity index (χ3v) is 4.27. The molecule has 1 aliphatic heterocycles. The first-order valence-electron chi connectivity index (χ1n) is 7.67. The van der Waals surface area contributed by atoms with Gasteiger partial charge in [-0.2, -0.15) is 0 Å². The lowest BCUT2D eigenvalue weighted by atomic mass is 10.2. The first kappa shape index (κ1) is 15.3. The molecule has 0 aliphatic carbocycles. The van der Waals surface area contributed by atoms with Crippen molar-refractivity contribution in [1.82, 2.24) is 19.4 Å². The fourth-order valence-electron chi connectivity index (χ4n) is 3.11. The van der Waals surface area contributed by atoms with Crippen LogP contribution in [0.2, 0.25) is 0 Å². The molecule has 0 radical (unpaired) electrons. The highest BCUT2D eigenvalue weighted by atomic mass is 16.2. The fraction of sp³-hybridized carbons (Fsp3) is 0.438. The smallest absolute Gasteiger partial charge is 0.326 e. The second kappa shape index (κ2) is 5.91. The lowest BCUT2D eigenvalue weighted by molar-refractivity contribution is -0.142. The Kier molecular flexibility index (Phi) is 3.94. The molecule has 7 nitrogen and oxygen atoms in total. The number of H-pyrrole nitrogens is 1. The van der Waals surface area contributed by atoms with E-state index in [9.17, 15) is 14.4 Å². The van der Waals surface area contributed by atoms with E-state index in [0.717, 1.165) is 6.42 Å². The number of hydrogen-bond donors (Lipinski definition) is 1. The van der Waals surface area contributed by atoms with Crippen molar-refractivity contribution in [2.75, 3.05) is 20.6 Å². The topological polar surface area (TPSA) is 78.4 Å². The van der Waals surface area contributed by atoms with E-state index in [1.54, 1.807) is 31.1 Å². The number of amides is 2. The number of fused-ring (bicyclic) bond motifs is 1. The van der Waals surface area contributed by atoms with Crippen molar-refractivity contribution in [2.24, 2.45) is 0 Å². The number of nitrogens with one attached hydrogen (secondary N) is 1. The molecule has 23 heavy (non-hydrogen) atoms. The Morgan fingerprint density at radius 3 is 2.78 bits per heavy atom. The van der Waals surface area contributed by atoms with Crippen molar-refractivity contribution >= 4 is 22.8 Å². The maximum absolute atomic E-state index is 12.6. The van der Waals surface area contributed by atoms with E-state index in [0.29, 0.717) is 24.0 Å². The zero-order chi connectivity index (χ0) is 16.6. The summed E-state index contributed by atoms with van der Waals surface area (Å²) in [7, 11) is 3.38. The number of para-hydroxylation sites is 2. The molecule has 3 rings (SSSR count). The monoisotopic (exact) mass is 316 g/mol. The van der Waals surface area contributed by atoms with Crippen molar-refractivity contribution in [2.45, 2.75) is 25.4 Å². The van der Waals surface area contributed by atoms with Crippen LogP contribution in [-0.4, -0.2) is 57.8 Å². The van der Waals surface area contributed by atoms with Gasteiger partial charge in [0.1, 0.15) is 12.6 Å². The number of likely N-dealkylation sites (tertiary alicyclic amines) is 1. The molecule has 1 fully saturated rings. The standard InChI is InChI=1S/C16H20N4O3/c1-18(2)15(22)13-8-5-9-19(13)14(21)10-20-12-7-4-3-6-11(12)17-16(20)23/h3-4,6-7,13H,5,8-10H2,1-2H3,(H,17,23). The van der Waals surface area contributed by atoms with Crippen LogP contribution in [0.25, 0.3) is 11.0 Å². The minimum atomic E-state index is -0.418. The number of aromatic amines is 1. The third kappa shape index (κ3) is 2.74. The summed E-state index contributed by atoms with van der Waals surface area (Å²) in [5, 5.41) is 0. The highest BCUT2D eigenvalue weighted by molar-refractivity contribution is 5.88. The highest BCUT2D eigenvalue weighted by Crippen LogP contribution is 2.20. The van der Waals surface area contributed by atoms with Gasteiger partial charge >= 0.3 is 5.69 Å². The van der Waals surface area contributed by atoms with Crippen LogP contribution in [0.3, 0.4) is 0 Å². The van der Waals surface area contributed by atoms with Gasteiger partial charge in [0.05, 0.1) is 11.0 Å². The normalized spacial score (nSPS) is 17.7. The molecule has 0 spiro atoms. The highest BCUT2D eigenvalue weighted by Gasteiger charge is 2.35. The van der Waals surface area contributed by atoms with Crippen molar-refractivity contribution < 1.29 is 9.59 Å². The predicted octanol–water partition coefficient (Wildman–Crippen LogP) is 0.409. The number of rotatable bonds is 3. The molecule has 1 aliphatic rings. The van der Waals surface area contributed by atoms with Crippen LogP contribution < -0.4 is 5.69 Å². The molecule has 122 valence electrons. The van der Waals surface area contributed by atoms with Gasteiger partial charge in [-0.25, -0.2) is 4.79 Å². The molecule has 0 bridgehead atoms. The number of hydrogen-bond acceptors (Lipinski definition) is 3. The molecule has 1 saturated heterocycles. The van der Waals surface area contributed by atoms with Crippen molar-refractivity contribution in [3.63, 3.8) is 0 Å². The van der Waals surface area contributed by atoms with Gasteiger partial charge in [-0.15, -0.1) is 0 Å². The average molecular weight is 316 g/mol. The summed E-state index contributed by atoms with van der Waals surface area (Å²) in [4.78, 5) is 42.7. The van der Waals surface area contributed by atoms with Gasteiger partial charge in [-0.1, -0.05) is 12.1 Å². The van der Waals surface area contributed by atoms with Gasteiger partial charge in [0.2, 0.25) is 11.8 Å². The average Bonchev–Trinajstić information content (AvgIpc) is 3.12. The Labute approximate surface area is 133 Å². The maximum atomic E-state index is 12.6. The Hall–Kier alpha value is -2.57. The van der Waals surface area contributed by atoms with E-state index in [-0.39, 0.29) is 24.0 Å². The molecular formula is C16H20N4O3. The molecular weight excluding hydrogens is 296 g/mol. The second-order valence-corrected chi connectivity index (χ2v) is 6.01. The fourth-order valence-corrected chi connectivity index (χ4v) is 3.11. The number of imidazole rings is 1. The maximum Gasteiger partial charge on any atom is 0.326 e. The predicted molar refractivity (Wildman–Crippen MR) is 86.0 cm³/mol. The zero-order valence-corrected chi connectivity index (χ0v) is 13.3. The van der Waals surface area contributed by atoms with Gasteiger partial charge in [-0.3, -0.25) is 14.2 Å². The van der Waals surface area contributed by atoms with Crippen molar-refractivity contribution in [1.29, 1.82) is 0 Å². The molecule has 1 N–H and O–H groups in total. The molecule has 2 heterocycles. The minimum absolute atomic E-state index is 0.0555. The van der Waals surface area contributed by atoms with Gasteiger partial charge < -0.3 is 14.8 Å². The minimum Gasteiger partial charge on any atom is -0.347 e. The zero-order valence-electron chi connectivity index (χ0n) is 13.3. The van der Waals surface area contributed by atoms with Crippen LogP contribution >= 0.6 is 0 Å². The Morgan fingerprint density at radius 2 is 2.04 bits per heavy atom. The summed E-state index contributed by atoms with van der Waals surface area (Å²) in [5.74, 6) is -0.267. The molecule has 1 aromatic heterocycles. The van der Waals surface area contributed by atoms with E-state index in [2.05, 4.69) is 4.98 Å². The van der Waals surface area contributed by atoms with Crippen LogP contribution in [-0.2, 0) is 16.1 Å². The Balaban J connectivity index is 1.85. The SMILES string of the molecule is CN(C)C(=O)C1CCCN1C(=O)Cn1c(=O)[nH]c2ccccc21. The van der Waals surface area contributed by atoms with Crippen molar-refractivity contribution in [3.05, 3.63) is 34.7 Å². The van der Waals surface area contributed by atoms with Crippen LogP contribution in [0.15, 0.2) is 29.1 Å². The lowest BCUT2D eigenvalue weighted by Gasteiger charge is -2.26. The van der Waals surface area contributed by atoms with Gasteiger partial charge in [-0.05, 0) is 25.0 Å². The summed E-state index contributed by atoms with van der Waals surface area (Å²) in [6.07, 6.45) is 1.48. The summed E-state index contributed by atoms with van der Waals surface area (Å²) in [5.41, 5.74) is 1.09. The molecule has 1 atom stereocenters. The van der Waals surface area contributed by atoms with Crippen LogP contribution in [0.5, 0.6) is 0 Å². The first-order valence-corrected chi connectivity index (χ1v) is 7.67. The van der Waals surface area contributed by atoms with Crippen LogP contribution in [0, 0.1) is 0 Å². The second-order valence-electron chi connectivity index (χ2n) is 6.01. The lowest BCUT2D eigenvalue weighted by Crippen LogP contribution is -2.47. The number of benzene rings is 1. The first-order chi connectivity index (χ1) is 11.0. The summed E-state index contributed by atoms with van der Waals surface area (Å²) >= 11 is 0. The quantitative estimate of drug-likeness (QED) is 0.891. The van der Waals surface area contributed by atoms with Gasteiger partial charge in [0.25, 0.3) is 0 Å². The van der Waals surface area contributed by atoms with Crippen molar-refractivity contribution in [3.8, 4) is 0 Å². The number of carbonyl (C=O) groups excluding carboxylic acids is 2. The summed E-state index contributed by atoms with van der Waals surface area (Å²) < 4.78 is 1.42. The molecule has 2 aromatic rings. The Morgan fingerprint density at radius 1 is 1.30 bits per heavy atom. The number of nitrogens with zero attached hydrogens (tertiary/aromatic N) is 3. The van der Waals surface area contributed by atoms with E-state index in [1.807, 2.05) is 12.1 Å².